The Balaban J connectivity index is 1.51. The Morgan fingerprint density at radius 3 is 2.58 bits per heavy atom. The van der Waals surface area contributed by atoms with E-state index in [2.05, 4.69) is 12.2 Å². The van der Waals surface area contributed by atoms with E-state index in [0.29, 0.717) is 11.4 Å². The second-order valence-corrected chi connectivity index (χ2v) is 7.53. The van der Waals surface area contributed by atoms with E-state index in [-0.39, 0.29) is 18.9 Å². The van der Waals surface area contributed by atoms with Crippen LogP contribution in [-0.2, 0) is 25.5 Å². The van der Waals surface area contributed by atoms with Crippen LogP contribution < -0.4 is 15.0 Å². The third-order valence-electron chi connectivity index (χ3n) is 5.25. The molecule has 3 rings (SSSR count). The Hall–Kier alpha value is -3.35. The number of nitrogens with zero attached hydrogens (tertiary/aromatic N) is 1. The first-order valence-electron chi connectivity index (χ1n) is 10.5. The SMILES string of the molecule is CCCCc1ccc(N2C[C@H](C(=O)OCC(=O)Nc3ccccc3OC)CC2=O)cc1. The molecule has 31 heavy (non-hydrogen) atoms. The normalized spacial score (nSPS) is 15.6. The van der Waals surface area contributed by atoms with Gasteiger partial charge in [0.05, 0.1) is 18.7 Å². The molecule has 0 bridgehead atoms. The smallest absolute Gasteiger partial charge is 0.311 e. The minimum atomic E-state index is -0.591. The maximum atomic E-state index is 12.4. The molecule has 1 N–H and O–H groups in total. The van der Waals surface area contributed by atoms with Crippen LogP contribution in [0.25, 0.3) is 0 Å². The third kappa shape index (κ3) is 5.84. The van der Waals surface area contributed by atoms with Crippen LogP contribution in [0.1, 0.15) is 31.7 Å². The highest BCUT2D eigenvalue weighted by Crippen LogP contribution is 2.27. The molecular weight excluding hydrogens is 396 g/mol. The fourth-order valence-electron chi connectivity index (χ4n) is 3.53. The number of ether oxygens (including phenoxy) is 2. The molecule has 1 aliphatic heterocycles. The predicted octanol–water partition coefficient (Wildman–Crippen LogP) is 3.57. The maximum absolute atomic E-state index is 12.4. The van der Waals surface area contributed by atoms with Crippen LogP contribution in [0.2, 0.25) is 0 Å². The van der Waals surface area contributed by atoms with Crippen molar-refractivity contribution in [1.29, 1.82) is 0 Å². The van der Waals surface area contributed by atoms with Crippen molar-refractivity contribution in [2.24, 2.45) is 5.92 Å². The zero-order valence-electron chi connectivity index (χ0n) is 17.9. The van der Waals surface area contributed by atoms with Crippen molar-refractivity contribution in [3.63, 3.8) is 0 Å². The van der Waals surface area contributed by atoms with E-state index in [0.717, 1.165) is 24.9 Å². The van der Waals surface area contributed by atoms with E-state index in [1.165, 1.54) is 12.7 Å². The summed E-state index contributed by atoms with van der Waals surface area (Å²) in [6.45, 7) is 1.98. The molecule has 0 radical (unpaired) electrons. The van der Waals surface area contributed by atoms with Crippen molar-refractivity contribution in [3.05, 3.63) is 54.1 Å². The number of para-hydroxylation sites is 2. The minimum absolute atomic E-state index is 0.0740. The van der Waals surface area contributed by atoms with E-state index in [4.69, 9.17) is 9.47 Å². The summed E-state index contributed by atoms with van der Waals surface area (Å²) < 4.78 is 10.3. The van der Waals surface area contributed by atoms with E-state index >= 15 is 0 Å². The van der Waals surface area contributed by atoms with Crippen molar-refractivity contribution in [2.75, 3.05) is 30.5 Å². The number of anilines is 2. The Morgan fingerprint density at radius 1 is 1.13 bits per heavy atom. The molecule has 0 aliphatic carbocycles. The van der Waals surface area contributed by atoms with Gasteiger partial charge in [0.15, 0.2) is 6.61 Å². The number of methoxy groups -OCH3 is 1. The molecule has 7 nitrogen and oxygen atoms in total. The van der Waals surface area contributed by atoms with E-state index in [1.54, 1.807) is 29.2 Å². The molecular formula is C24H28N2O5. The van der Waals surface area contributed by atoms with Crippen LogP contribution in [-0.4, -0.2) is 38.0 Å². The highest BCUT2D eigenvalue weighted by atomic mass is 16.5. The molecule has 0 spiro atoms. The summed E-state index contributed by atoms with van der Waals surface area (Å²) in [6, 6.07) is 14.8. The summed E-state index contributed by atoms with van der Waals surface area (Å²) in [7, 11) is 1.51. The molecule has 1 fully saturated rings. The summed E-state index contributed by atoms with van der Waals surface area (Å²) >= 11 is 0. The quantitative estimate of drug-likeness (QED) is 0.622. The summed E-state index contributed by atoms with van der Waals surface area (Å²) in [5, 5.41) is 2.65. The van der Waals surface area contributed by atoms with Crippen LogP contribution in [0.3, 0.4) is 0 Å². The summed E-state index contributed by atoms with van der Waals surface area (Å²) in [4.78, 5) is 38.6. The number of amides is 2. The van der Waals surface area contributed by atoms with Gasteiger partial charge in [0.1, 0.15) is 5.75 Å². The number of carbonyl (C=O) groups excluding carboxylic acids is 3. The molecule has 2 aromatic carbocycles. The third-order valence-corrected chi connectivity index (χ3v) is 5.25. The number of hydrogen-bond acceptors (Lipinski definition) is 5. The molecule has 7 heteroatoms. The van der Waals surface area contributed by atoms with Crippen LogP contribution >= 0.6 is 0 Å². The number of nitrogens with one attached hydrogen (secondary N) is 1. The highest BCUT2D eigenvalue weighted by molar-refractivity contribution is 6.00. The first-order valence-corrected chi connectivity index (χ1v) is 10.5. The van der Waals surface area contributed by atoms with Gasteiger partial charge in [0.2, 0.25) is 5.91 Å². The molecule has 1 aliphatic rings. The first-order chi connectivity index (χ1) is 15.0. The van der Waals surface area contributed by atoms with Gasteiger partial charge in [-0.25, -0.2) is 0 Å². The number of benzene rings is 2. The second-order valence-electron chi connectivity index (χ2n) is 7.53. The van der Waals surface area contributed by atoms with Gasteiger partial charge in [-0.05, 0) is 42.7 Å². The van der Waals surface area contributed by atoms with Gasteiger partial charge in [-0.3, -0.25) is 14.4 Å². The lowest BCUT2D eigenvalue weighted by atomic mass is 10.1. The van der Waals surface area contributed by atoms with Gasteiger partial charge in [-0.1, -0.05) is 37.6 Å². The fourth-order valence-corrected chi connectivity index (χ4v) is 3.53. The van der Waals surface area contributed by atoms with Gasteiger partial charge in [-0.2, -0.15) is 0 Å². The summed E-state index contributed by atoms with van der Waals surface area (Å²) in [5.41, 5.74) is 2.50. The Bertz CT molecular complexity index is 926. The largest absolute Gasteiger partial charge is 0.495 e. The number of rotatable bonds is 9. The average molecular weight is 424 g/mol. The van der Waals surface area contributed by atoms with E-state index < -0.39 is 24.4 Å². The molecule has 0 unspecified atom stereocenters. The summed E-state index contributed by atoms with van der Waals surface area (Å²) in [5.74, 6) is -1.22. The summed E-state index contributed by atoms with van der Waals surface area (Å²) in [6.07, 6.45) is 3.34. The first kappa shape index (κ1) is 22.3. The van der Waals surface area contributed by atoms with Crippen molar-refractivity contribution in [1.82, 2.24) is 0 Å². The Morgan fingerprint density at radius 2 is 1.87 bits per heavy atom. The average Bonchev–Trinajstić information content (AvgIpc) is 3.18. The standard InChI is InChI=1S/C24H28N2O5/c1-3-4-7-17-10-12-19(13-11-17)26-15-18(14-23(26)28)24(29)31-16-22(27)25-20-8-5-6-9-21(20)30-2/h5-6,8-13,18H,3-4,7,14-16H2,1-2H3,(H,25,27)/t18-/m1/s1. The molecule has 2 aromatic rings. The molecule has 1 saturated heterocycles. The van der Waals surface area contributed by atoms with Crippen LogP contribution in [0, 0.1) is 5.92 Å². The van der Waals surface area contributed by atoms with Gasteiger partial charge in [0.25, 0.3) is 5.91 Å². The molecule has 0 saturated carbocycles. The lowest BCUT2D eigenvalue weighted by Crippen LogP contribution is -2.28. The lowest BCUT2D eigenvalue weighted by Gasteiger charge is -2.17. The minimum Gasteiger partial charge on any atom is -0.495 e. The molecule has 0 aromatic heterocycles. The van der Waals surface area contributed by atoms with E-state index in [9.17, 15) is 14.4 Å². The molecule has 2 amide bonds. The van der Waals surface area contributed by atoms with Gasteiger partial charge in [-0.15, -0.1) is 0 Å². The zero-order valence-corrected chi connectivity index (χ0v) is 17.9. The van der Waals surface area contributed by atoms with Crippen molar-refractivity contribution >= 4 is 29.2 Å². The molecule has 1 heterocycles. The Labute approximate surface area is 182 Å². The highest BCUT2D eigenvalue weighted by Gasteiger charge is 2.36. The van der Waals surface area contributed by atoms with Crippen molar-refractivity contribution in [2.45, 2.75) is 32.6 Å². The number of esters is 1. The number of hydrogen-bond donors (Lipinski definition) is 1. The van der Waals surface area contributed by atoms with Gasteiger partial charge in [0, 0.05) is 18.7 Å². The maximum Gasteiger partial charge on any atom is 0.311 e. The number of unbranched alkanes of at least 4 members (excludes halogenated alkanes) is 1. The molecule has 164 valence electrons. The van der Waals surface area contributed by atoms with Crippen LogP contribution in [0.5, 0.6) is 5.75 Å². The number of aryl methyl sites for hydroxylation is 1. The monoisotopic (exact) mass is 424 g/mol. The fraction of sp³-hybridized carbons (Fsp3) is 0.375. The second kappa shape index (κ2) is 10.6. The predicted molar refractivity (Wildman–Crippen MR) is 118 cm³/mol. The van der Waals surface area contributed by atoms with Crippen molar-refractivity contribution in [3.8, 4) is 5.75 Å². The van der Waals surface area contributed by atoms with Crippen LogP contribution in [0.15, 0.2) is 48.5 Å². The van der Waals surface area contributed by atoms with Gasteiger partial charge >= 0.3 is 5.97 Å². The van der Waals surface area contributed by atoms with Crippen molar-refractivity contribution < 1.29 is 23.9 Å². The zero-order chi connectivity index (χ0) is 22.2. The topological polar surface area (TPSA) is 84.9 Å². The Kier molecular flexibility index (Phi) is 7.65. The van der Waals surface area contributed by atoms with Gasteiger partial charge < -0.3 is 19.7 Å². The molecule has 1 atom stereocenters. The lowest BCUT2D eigenvalue weighted by molar-refractivity contribution is -0.151. The van der Waals surface area contributed by atoms with Crippen LogP contribution in [0.4, 0.5) is 11.4 Å². The van der Waals surface area contributed by atoms with E-state index in [1.807, 2.05) is 24.3 Å². The number of carbonyl (C=O) groups is 3.